The molecule has 1 atom stereocenters. The van der Waals surface area contributed by atoms with E-state index in [9.17, 15) is 9.59 Å². The lowest BCUT2D eigenvalue weighted by Crippen LogP contribution is -2.40. The van der Waals surface area contributed by atoms with E-state index in [1.165, 1.54) is 11.3 Å². The van der Waals surface area contributed by atoms with Crippen LogP contribution in [0.5, 0.6) is 17.2 Å². The molecule has 0 amide bonds. The standard InChI is InChI=1S/C35H28N2O5S/c1-24-31(34(39)42-28-18-9-4-10-19-28)32(25-13-5-2-6-14-25)37-33(38)30(43-35(37)36-24)23-26-15-11-12-20-29(26)41-22-21-40-27-16-7-3-8-17-27/h2-20,23,32H,21-22H2,1H3/b30-23+/t32-/m1/s1. The molecule has 1 aromatic heterocycles. The van der Waals surface area contributed by atoms with Crippen LogP contribution in [0.2, 0.25) is 0 Å². The van der Waals surface area contributed by atoms with Crippen molar-refractivity contribution in [3.05, 3.63) is 157 Å². The van der Waals surface area contributed by atoms with E-state index in [4.69, 9.17) is 19.2 Å². The van der Waals surface area contributed by atoms with E-state index in [1.54, 1.807) is 41.8 Å². The van der Waals surface area contributed by atoms with Crippen LogP contribution in [0.25, 0.3) is 6.08 Å². The third kappa shape index (κ3) is 6.19. The summed E-state index contributed by atoms with van der Waals surface area (Å²) in [7, 11) is 0. The number of carbonyl (C=O) groups excluding carboxylic acids is 1. The van der Waals surface area contributed by atoms with Gasteiger partial charge in [0.15, 0.2) is 4.80 Å². The van der Waals surface area contributed by atoms with E-state index in [0.29, 0.717) is 45.3 Å². The highest BCUT2D eigenvalue weighted by molar-refractivity contribution is 7.07. The predicted molar refractivity (Wildman–Crippen MR) is 166 cm³/mol. The number of carbonyl (C=O) groups is 1. The molecule has 43 heavy (non-hydrogen) atoms. The number of benzene rings is 4. The summed E-state index contributed by atoms with van der Waals surface area (Å²) in [5.41, 5.74) is 2.10. The number of nitrogens with zero attached hydrogens (tertiary/aromatic N) is 2. The topological polar surface area (TPSA) is 79.1 Å². The molecule has 0 unspecified atom stereocenters. The fourth-order valence-electron chi connectivity index (χ4n) is 4.88. The van der Waals surface area contributed by atoms with E-state index >= 15 is 0 Å². The summed E-state index contributed by atoms with van der Waals surface area (Å²) in [4.78, 5) is 32.8. The smallest absolute Gasteiger partial charge is 0.343 e. The molecule has 0 bridgehead atoms. The van der Waals surface area contributed by atoms with Gasteiger partial charge in [-0.05, 0) is 48.9 Å². The van der Waals surface area contributed by atoms with Gasteiger partial charge < -0.3 is 14.2 Å². The molecule has 6 rings (SSSR count). The summed E-state index contributed by atoms with van der Waals surface area (Å²) in [6.45, 7) is 2.48. The summed E-state index contributed by atoms with van der Waals surface area (Å²) in [5.74, 6) is 1.28. The molecular weight excluding hydrogens is 560 g/mol. The number of hydrogen-bond acceptors (Lipinski definition) is 7. The first-order valence-electron chi connectivity index (χ1n) is 13.8. The van der Waals surface area contributed by atoms with E-state index in [0.717, 1.165) is 16.9 Å². The van der Waals surface area contributed by atoms with Crippen molar-refractivity contribution >= 4 is 23.4 Å². The molecule has 214 valence electrons. The highest BCUT2D eigenvalue weighted by Crippen LogP contribution is 2.31. The van der Waals surface area contributed by atoms with Gasteiger partial charge in [0.2, 0.25) is 0 Å². The third-order valence-corrected chi connectivity index (χ3v) is 7.85. The van der Waals surface area contributed by atoms with Crippen LogP contribution in [-0.4, -0.2) is 23.8 Å². The minimum atomic E-state index is -0.697. The molecule has 0 N–H and O–H groups in total. The van der Waals surface area contributed by atoms with Crippen molar-refractivity contribution < 1.29 is 19.0 Å². The molecule has 1 aliphatic heterocycles. The van der Waals surface area contributed by atoms with Crippen LogP contribution < -0.4 is 29.1 Å². The minimum absolute atomic E-state index is 0.252. The van der Waals surface area contributed by atoms with Crippen molar-refractivity contribution in [2.24, 2.45) is 4.99 Å². The van der Waals surface area contributed by atoms with E-state index in [2.05, 4.69) is 0 Å². The molecule has 1 aliphatic rings. The highest BCUT2D eigenvalue weighted by Gasteiger charge is 2.33. The number of thiazole rings is 1. The lowest BCUT2D eigenvalue weighted by Gasteiger charge is -2.24. The number of hydrogen-bond donors (Lipinski definition) is 0. The summed E-state index contributed by atoms with van der Waals surface area (Å²) < 4.78 is 19.6. The van der Waals surface area contributed by atoms with Gasteiger partial charge in [0.1, 0.15) is 30.5 Å². The van der Waals surface area contributed by atoms with Gasteiger partial charge in [-0.1, -0.05) is 96.3 Å². The van der Waals surface area contributed by atoms with Gasteiger partial charge >= 0.3 is 5.97 Å². The fourth-order valence-corrected chi connectivity index (χ4v) is 5.92. The molecule has 0 radical (unpaired) electrons. The second-order valence-corrected chi connectivity index (χ2v) is 10.8. The normalized spacial score (nSPS) is 14.5. The van der Waals surface area contributed by atoms with Crippen molar-refractivity contribution in [3.8, 4) is 17.2 Å². The van der Waals surface area contributed by atoms with E-state index in [-0.39, 0.29) is 5.56 Å². The summed E-state index contributed by atoms with van der Waals surface area (Å²) >= 11 is 1.27. The van der Waals surface area contributed by atoms with Crippen LogP contribution in [0.1, 0.15) is 24.1 Å². The Balaban J connectivity index is 1.34. The van der Waals surface area contributed by atoms with Crippen LogP contribution in [0.15, 0.2) is 136 Å². The number of aromatic nitrogens is 1. The van der Waals surface area contributed by atoms with Gasteiger partial charge in [0.05, 0.1) is 21.8 Å². The van der Waals surface area contributed by atoms with Gasteiger partial charge in [-0.3, -0.25) is 9.36 Å². The Morgan fingerprint density at radius 1 is 0.814 bits per heavy atom. The maximum atomic E-state index is 14.0. The summed E-state index contributed by atoms with van der Waals surface area (Å²) in [6, 6.07) is 34.7. The lowest BCUT2D eigenvalue weighted by atomic mass is 9.96. The van der Waals surface area contributed by atoms with Crippen molar-refractivity contribution in [1.82, 2.24) is 4.57 Å². The van der Waals surface area contributed by atoms with Crippen LogP contribution in [-0.2, 0) is 4.79 Å². The number of esters is 1. The summed E-state index contributed by atoms with van der Waals surface area (Å²) in [6.07, 6.45) is 1.81. The first-order valence-corrected chi connectivity index (χ1v) is 14.6. The van der Waals surface area contributed by atoms with Gasteiger partial charge in [-0.25, -0.2) is 9.79 Å². The lowest BCUT2D eigenvalue weighted by molar-refractivity contribution is -0.130. The Morgan fingerprint density at radius 3 is 2.14 bits per heavy atom. The van der Waals surface area contributed by atoms with Crippen LogP contribution in [0.3, 0.4) is 0 Å². The zero-order valence-electron chi connectivity index (χ0n) is 23.4. The highest BCUT2D eigenvalue weighted by atomic mass is 32.1. The zero-order chi connectivity index (χ0) is 29.6. The molecule has 0 saturated heterocycles. The quantitative estimate of drug-likeness (QED) is 0.133. The number of allylic oxidation sites excluding steroid dienone is 1. The maximum Gasteiger partial charge on any atom is 0.343 e. The van der Waals surface area contributed by atoms with Gasteiger partial charge in [-0.15, -0.1) is 0 Å². The zero-order valence-corrected chi connectivity index (χ0v) is 24.2. The van der Waals surface area contributed by atoms with Gasteiger partial charge in [-0.2, -0.15) is 0 Å². The SMILES string of the molecule is CC1=C(C(=O)Oc2ccccc2)[C@@H](c2ccccc2)n2c(s/c(=C/c3ccccc3OCCOc3ccccc3)c2=O)=N1. The molecule has 2 heterocycles. The predicted octanol–water partition coefficient (Wildman–Crippen LogP) is 5.30. The first kappa shape index (κ1) is 27.9. The van der Waals surface area contributed by atoms with Crippen LogP contribution in [0.4, 0.5) is 0 Å². The fraction of sp³-hybridized carbons (Fsp3) is 0.114. The number of ether oxygens (including phenoxy) is 3. The molecule has 0 fully saturated rings. The van der Waals surface area contributed by atoms with Crippen molar-refractivity contribution in [3.63, 3.8) is 0 Å². The maximum absolute atomic E-state index is 14.0. The van der Waals surface area contributed by atoms with Crippen molar-refractivity contribution in [1.29, 1.82) is 0 Å². The average Bonchev–Trinajstić information content (AvgIpc) is 3.34. The summed E-state index contributed by atoms with van der Waals surface area (Å²) in [5, 5.41) is 0. The van der Waals surface area contributed by atoms with E-state index in [1.807, 2.05) is 91.0 Å². The Kier molecular flexibility index (Phi) is 8.28. The molecule has 0 aliphatic carbocycles. The molecule has 0 saturated carbocycles. The first-order chi connectivity index (χ1) is 21.1. The van der Waals surface area contributed by atoms with Crippen molar-refractivity contribution in [2.75, 3.05) is 13.2 Å². The Hall–Kier alpha value is -5.21. The van der Waals surface area contributed by atoms with Crippen molar-refractivity contribution in [2.45, 2.75) is 13.0 Å². The Bertz CT molecular complexity index is 1950. The van der Waals surface area contributed by atoms with E-state index < -0.39 is 12.0 Å². The Labute approximate surface area is 252 Å². The molecule has 4 aromatic carbocycles. The molecule has 8 heteroatoms. The van der Waals surface area contributed by atoms with Crippen LogP contribution >= 0.6 is 11.3 Å². The molecular formula is C35H28N2O5S. The Morgan fingerprint density at radius 2 is 1.42 bits per heavy atom. The molecule has 7 nitrogen and oxygen atoms in total. The largest absolute Gasteiger partial charge is 0.490 e. The second-order valence-electron chi connectivity index (χ2n) is 9.74. The second kappa shape index (κ2) is 12.8. The minimum Gasteiger partial charge on any atom is -0.490 e. The number of rotatable bonds is 9. The third-order valence-electron chi connectivity index (χ3n) is 6.87. The monoisotopic (exact) mass is 588 g/mol. The number of fused-ring (bicyclic) bond motifs is 1. The molecule has 5 aromatic rings. The average molecular weight is 589 g/mol. The molecule has 0 spiro atoms. The number of para-hydroxylation sites is 3. The van der Waals surface area contributed by atoms with Gasteiger partial charge in [0, 0.05) is 5.56 Å². The van der Waals surface area contributed by atoms with Gasteiger partial charge in [0.25, 0.3) is 5.56 Å². The van der Waals surface area contributed by atoms with Crippen LogP contribution in [0, 0.1) is 0 Å².